The maximum atomic E-state index is 12.6. The number of nitrogens with zero attached hydrogens (tertiary/aromatic N) is 2. The van der Waals surface area contributed by atoms with E-state index in [1.807, 2.05) is 7.05 Å². The molecule has 0 unspecified atom stereocenters. The van der Waals surface area contributed by atoms with E-state index in [9.17, 15) is 14.9 Å². The minimum atomic E-state index is -0.422. The maximum Gasteiger partial charge on any atom is 0.293 e. The van der Waals surface area contributed by atoms with Gasteiger partial charge in [-0.05, 0) is 44.9 Å². The van der Waals surface area contributed by atoms with E-state index in [1.54, 1.807) is 17.0 Å². The molecule has 8 heteroatoms. The highest BCUT2D eigenvalue weighted by Crippen LogP contribution is 2.32. The minimum Gasteiger partial charge on any atom is -0.377 e. The largest absolute Gasteiger partial charge is 0.377 e. The molecule has 3 rings (SSSR count). The van der Waals surface area contributed by atoms with Crippen molar-refractivity contribution in [3.05, 3.63) is 33.9 Å². The molecular weight excluding hydrogens is 332 g/mol. The van der Waals surface area contributed by atoms with Gasteiger partial charge in [0.15, 0.2) is 0 Å². The highest BCUT2D eigenvalue weighted by molar-refractivity contribution is 5.95. The zero-order valence-corrected chi connectivity index (χ0v) is 14.5. The smallest absolute Gasteiger partial charge is 0.293 e. The first-order chi connectivity index (χ1) is 11.1. The second-order valence-electron chi connectivity index (χ2n) is 6.26. The highest BCUT2D eigenvalue weighted by atomic mass is 35.5. The van der Waals surface area contributed by atoms with Crippen molar-refractivity contribution in [1.29, 1.82) is 0 Å². The van der Waals surface area contributed by atoms with E-state index in [0.717, 1.165) is 25.7 Å². The summed E-state index contributed by atoms with van der Waals surface area (Å²) in [6, 6.07) is 5.51. The van der Waals surface area contributed by atoms with Gasteiger partial charge in [0.05, 0.1) is 4.92 Å². The lowest BCUT2D eigenvalue weighted by atomic mass is 10.0. The molecule has 1 saturated carbocycles. The standard InChI is InChI=1S/C16H22N4O3.ClH/c1-17-12-6-8-19(9-7-12)16(21)11-2-5-14(18-13-3-4-13)15(10-11)20(22)23;/h2,5,10,12-13,17-18H,3-4,6-9H2,1H3;1H. The number of nitrogens with one attached hydrogen (secondary N) is 2. The summed E-state index contributed by atoms with van der Waals surface area (Å²) in [4.78, 5) is 25.2. The quantitative estimate of drug-likeness (QED) is 0.626. The van der Waals surface area contributed by atoms with Crippen LogP contribution in [0, 0.1) is 10.1 Å². The summed E-state index contributed by atoms with van der Waals surface area (Å²) < 4.78 is 0. The van der Waals surface area contributed by atoms with Crippen LogP contribution in [0.25, 0.3) is 0 Å². The highest BCUT2D eigenvalue weighted by Gasteiger charge is 2.27. The van der Waals surface area contributed by atoms with Gasteiger partial charge in [0, 0.05) is 36.8 Å². The average molecular weight is 355 g/mol. The van der Waals surface area contributed by atoms with Crippen LogP contribution in [0.2, 0.25) is 0 Å². The van der Waals surface area contributed by atoms with Crippen molar-refractivity contribution in [2.45, 2.75) is 37.8 Å². The summed E-state index contributed by atoms with van der Waals surface area (Å²) >= 11 is 0. The van der Waals surface area contributed by atoms with E-state index in [2.05, 4.69) is 10.6 Å². The van der Waals surface area contributed by atoms with Gasteiger partial charge in [-0.3, -0.25) is 14.9 Å². The Morgan fingerprint density at radius 1 is 1.21 bits per heavy atom. The number of benzene rings is 1. The fourth-order valence-electron chi connectivity index (χ4n) is 2.94. The van der Waals surface area contributed by atoms with Gasteiger partial charge < -0.3 is 15.5 Å². The molecule has 0 spiro atoms. The second kappa shape index (κ2) is 7.81. The summed E-state index contributed by atoms with van der Waals surface area (Å²) in [6.07, 6.45) is 3.90. The maximum absolute atomic E-state index is 12.6. The molecule has 24 heavy (non-hydrogen) atoms. The molecule has 1 aromatic rings. The fraction of sp³-hybridized carbons (Fsp3) is 0.562. The summed E-state index contributed by atoms with van der Waals surface area (Å²) in [7, 11) is 1.93. The number of halogens is 1. The van der Waals surface area contributed by atoms with E-state index in [-0.39, 0.29) is 24.0 Å². The minimum absolute atomic E-state index is 0. The molecule has 7 nitrogen and oxygen atoms in total. The van der Waals surface area contributed by atoms with Crippen LogP contribution in [0.4, 0.5) is 11.4 Å². The van der Waals surface area contributed by atoms with E-state index in [4.69, 9.17) is 0 Å². The average Bonchev–Trinajstić information content (AvgIpc) is 3.38. The number of hydrogen-bond donors (Lipinski definition) is 2. The van der Waals surface area contributed by atoms with Crippen LogP contribution in [0.3, 0.4) is 0 Å². The number of carbonyl (C=O) groups excluding carboxylic acids is 1. The van der Waals surface area contributed by atoms with Crippen molar-refractivity contribution < 1.29 is 9.72 Å². The molecule has 2 aliphatic rings. The van der Waals surface area contributed by atoms with Crippen molar-refractivity contribution >= 4 is 29.7 Å². The van der Waals surface area contributed by atoms with Crippen LogP contribution in [0.15, 0.2) is 18.2 Å². The van der Waals surface area contributed by atoms with Crippen LogP contribution in [-0.2, 0) is 0 Å². The zero-order valence-electron chi connectivity index (χ0n) is 13.7. The molecule has 1 aliphatic heterocycles. The Bertz CT molecular complexity index is 613. The molecule has 1 saturated heterocycles. The first kappa shape index (κ1) is 18.5. The molecule has 1 aromatic carbocycles. The molecule has 2 fully saturated rings. The Labute approximate surface area is 147 Å². The van der Waals surface area contributed by atoms with Gasteiger partial charge in [-0.1, -0.05) is 0 Å². The lowest BCUT2D eigenvalue weighted by molar-refractivity contribution is -0.384. The van der Waals surface area contributed by atoms with Crippen molar-refractivity contribution in [1.82, 2.24) is 10.2 Å². The van der Waals surface area contributed by atoms with Crippen molar-refractivity contribution in [3.63, 3.8) is 0 Å². The van der Waals surface area contributed by atoms with Gasteiger partial charge in [-0.25, -0.2) is 0 Å². The van der Waals surface area contributed by atoms with Crippen molar-refractivity contribution in [2.24, 2.45) is 0 Å². The van der Waals surface area contributed by atoms with Gasteiger partial charge >= 0.3 is 0 Å². The molecule has 0 aromatic heterocycles. The Morgan fingerprint density at radius 2 is 1.88 bits per heavy atom. The predicted octanol–water partition coefficient (Wildman–Crippen LogP) is 2.41. The third-order valence-electron chi connectivity index (χ3n) is 4.57. The number of hydrogen-bond acceptors (Lipinski definition) is 5. The lowest BCUT2D eigenvalue weighted by Crippen LogP contribution is -2.43. The van der Waals surface area contributed by atoms with E-state index < -0.39 is 4.92 Å². The number of nitro groups is 1. The number of rotatable bonds is 5. The van der Waals surface area contributed by atoms with Crippen LogP contribution in [0.5, 0.6) is 0 Å². The Kier molecular flexibility index (Phi) is 6.01. The SMILES string of the molecule is CNC1CCN(C(=O)c2ccc(NC3CC3)c([N+](=O)[O-])c2)CC1.Cl. The normalized spacial score (nSPS) is 18.0. The monoisotopic (exact) mass is 354 g/mol. The molecule has 1 amide bonds. The lowest BCUT2D eigenvalue weighted by Gasteiger charge is -2.31. The van der Waals surface area contributed by atoms with Gasteiger partial charge in [0.1, 0.15) is 5.69 Å². The first-order valence-corrected chi connectivity index (χ1v) is 8.10. The zero-order chi connectivity index (χ0) is 16.4. The molecule has 1 heterocycles. The molecule has 0 bridgehead atoms. The van der Waals surface area contributed by atoms with Crippen molar-refractivity contribution in [2.75, 3.05) is 25.5 Å². The fourth-order valence-corrected chi connectivity index (χ4v) is 2.94. The molecule has 132 valence electrons. The number of nitro benzene ring substituents is 1. The Morgan fingerprint density at radius 3 is 2.42 bits per heavy atom. The number of anilines is 1. The number of likely N-dealkylation sites (tertiary alicyclic amines) is 1. The van der Waals surface area contributed by atoms with Crippen LogP contribution >= 0.6 is 12.4 Å². The molecular formula is C16H23ClN4O3. The van der Waals surface area contributed by atoms with Crippen LogP contribution in [-0.4, -0.2) is 48.0 Å². The first-order valence-electron chi connectivity index (χ1n) is 8.10. The number of piperidine rings is 1. The third kappa shape index (κ3) is 4.15. The molecule has 1 aliphatic carbocycles. The van der Waals surface area contributed by atoms with Gasteiger partial charge in [-0.2, -0.15) is 0 Å². The number of carbonyl (C=O) groups is 1. The van der Waals surface area contributed by atoms with E-state index in [1.165, 1.54) is 6.07 Å². The molecule has 0 atom stereocenters. The van der Waals surface area contributed by atoms with E-state index >= 15 is 0 Å². The van der Waals surface area contributed by atoms with Gasteiger partial charge in [0.2, 0.25) is 0 Å². The topological polar surface area (TPSA) is 87.5 Å². The Hall–Kier alpha value is -1.86. The number of amides is 1. The third-order valence-corrected chi connectivity index (χ3v) is 4.57. The summed E-state index contributed by atoms with van der Waals surface area (Å²) in [5.41, 5.74) is 0.872. The summed E-state index contributed by atoms with van der Waals surface area (Å²) in [5, 5.41) is 17.7. The van der Waals surface area contributed by atoms with Crippen LogP contribution in [0.1, 0.15) is 36.0 Å². The predicted molar refractivity (Wildman–Crippen MR) is 95.0 cm³/mol. The Balaban J connectivity index is 0.00000208. The van der Waals surface area contributed by atoms with Gasteiger partial charge in [-0.15, -0.1) is 12.4 Å². The van der Waals surface area contributed by atoms with Crippen molar-refractivity contribution in [3.8, 4) is 0 Å². The van der Waals surface area contributed by atoms with Crippen LogP contribution < -0.4 is 10.6 Å². The second-order valence-corrected chi connectivity index (χ2v) is 6.26. The summed E-state index contributed by atoms with van der Waals surface area (Å²) in [6.45, 7) is 1.36. The molecule has 2 N–H and O–H groups in total. The summed E-state index contributed by atoms with van der Waals surface area (Å²) in [5.74, 6) is -0.124. The van der Waals surface area contributed by atoms with Gasteiger partial charge in [0.25, 0.3) is 11.6 Å². The van der Waals surface area contributed by atoms with E-state index in [0.29, 0.717) is 36.4 Å². The molecule has 0 radical (unpaired) electrons.